The van der Waals surface area contributed by atoms with E-state index in [2.05, 4.69) is 0 Å². The lowest BCUT2D eigenvalue weighted by atomic mass is 9.96. The van der Waals surface area contributed by atoms with Gasteiger partial charge < -0.3 is 52.8 Å². The number of aliphatic hydroxyl groups is 2. The van der Waals surface area contributed by atoms with Gasteiger partial charge in [-0.3, -0.25) is 0 Å². The molecule has 2 aromatic rings. The summed E-state index contributed by atoms with van der Waals surface area (Å²) in [7, 11) is 6.04. The van der Waals surface area contributed by atoms with Crippen LogP contribution in [0.5, 0.6) is 0 Å². The zero-order valence-electron chi connectivity index (χ0n) is 23.9. The molecule has 0 radical (unpaired) electrons. The summed E-state index contributed by atoms with van der Waals surface area (Å²) in [6.07, 6.45) is -8.41. The maximum Gasteiger partial charge on any atom is 0.187 e. The van der Waals surface area contributed by atoms with Crippen LogP contribution in [0.2, 0.25) is 0 Å². The second-order valence-corrected chi connectivity index (χ2v) is 9.97. The van der Waals surface area contributed by atoms with Gasteiger partial charge in [0.1, 0.15) is 48.8 Å². The van der Waals surface area contributed by atoms with E-state index in [-0.39, 0.29) is 19.8 Å². The molecule has 10 atom stereocenters. The summed E-state index contributed by atoms with van der Waals surface area (Å²) in [5.74, 6) is 0. The Bertz CT molecular complexity index is 996. The highest BCUT2D eigenvalue weighted by Gasteiger charge is 2.53. The molecule has 0 spiro atoms. The topological polar surface area (TPSA) is 124 Å². The molecular formula is C30H42O11. The van der Waals surface area contributed by atoms with Gasteiger partial charge in [0.05, 0.1) is 26.4 Å². The van der Waals surface area contributed by atoms with E-state index in [9.17, 15) is 10.2 Å². The number of methoxy groups -OCH3 is 4. The Morgan fingerprint density at radius 1 is 0.634 bits per heavy atom. The zero-order valence-corrected chi connectivity index (χ0v) is 23.9. The molecule has 2 aliphatic heterocycles. The molecular weight excluding hydrogens is 536 g/mol. The summed E-state index contributed by atoms with van der Waals surface area (Å²) in [6.45, 7) is 0.269. The third-order valence-corrected chi connectivity index (χ3v) is 7.36. The van der Waals surface area contributed by atoms with E-state index < -0.39 is 68.0 Å². The van der Waals surface area contributed by atoms with Crippen molar-refractivity contribution in [3.63, 3.8) is 0 Å². The lowest BCUT2D eigenvalue weighted by molar-refractivity contribution is -0.368. The number of hydrogen-bond donors (Lipinski definition) is 2. The molecule has 0 saturated carbocycles. The smallest absolute Gasteiger partial charge is 0.187 e. The molecule has 0 amide bonds. The fourth-order valence-corrected chi connectivity index (χ4v) is 5.26. The van der Waals surface area contributed by atoms with Gasteiger partial charge in [0.25, 0.3) is 0 Å². The summed E-state index contributed by atoms with van der Waals surface area (Å²) in [6, 6.07) is 19.5. The molecule has 2 aliphatic rings. The van der Waals surface area contributed by atoms with E-state index in [1.807, 2.05) is 60.7 Å². The third-order valence-electron chi connectivity index (χ3n) is 7.36. The van der Waals surface area contributed by atoms with Gasteiger partial charge in [-0.2, -0.15) is 0 Å². The van der Waals surface area contributed by atoms with Crippen molar-refractivity contribution in [1.29, 1.82) is 0 Å². The maximum atomic E-state index is 10.7. The number of aliphatic hydroxyl groups excluding tert-OH is 2. The molecule has 2 saturated heterocycles. The van der Waals surface area contributed by atoms with Gasteiger partial charge in [-0.05, 0) is 11.1 Å². The van der Waals surface area contributed by atoms with Gasteiger partial charge in [-0.25, -0.2) is 0 Å². The highest BCUT2D eigenvalue weighted by atomic mass is 16.8. The number of rotatable bonds is 14. The lowest BCUT2D eigenvalue weighted by Gasteiger charge is -2.49. The van der Waals surface area contributed by atoms with Gasteiger partial charge in [0, 0.05) is 28.4 Å². The van der Waals surface area contributed by atoms with Crippen molar-refractivity contribution in [2.45, 2.75) is 74.6 Å². The van der Waals surface area contributed by atoms with Crippen LogP contribution in [0, 0.1) is 0 Å². The summed E-state index contributed by atoms with van der Waals surface area (Å²) >= 11 is 0. The Morgan fingerprint density at radius 2 is 1.20 bits per heavy atom. The van der Waals surface area contributed by atoms with Crippen LogP contribution in [0.15, 0.2) is 60.7 Å². The number of hydrogen-bond acceptors (Lipinski definition) is 11. The molecule has 11 heteroatoms. The van der Waals surface area contributed by atoms with E-state index in [1.54, 1.807) is 14.2 Å². The molecule has 2 aromatic carbocycles. The second-order valence-electron chi connectivity index (χ2n) is 9.97. The van der Waals surface area contributed by atoms with Crippen molar-refractivity contribution < 1.29 is 52.8 Å². The Hall–Kier alpha value is -2.00. The van der Waals surface area contributed by atoms with E-state index in [1.165, 1.54) is 14.2 Å². The van der Waals surface area contributed by atoms with Crippen LogP contribution in [-0.4, -0.2) is 113 Å². The van der Waals surface area contributed by atoms with Gasteiger partial charge in [-0.1, -0.05) is 60.7 Å². The molecule has 0 aromatic heterocycles. The predicted octanol–water partition coefficient (Wildman–Crippen LogP) is 1.67. The van der Waals surface area contributed by atoms with Crippen molar-refractivity contribution >= 4 is 0 Å². The first kappa shape index (κ1) is 31.9. The minimum absolute atomic E-state index is 0.158. The average Bonchev–Trinajstić information content (AvgIpc) is 3.01. The van der Waals surface area contributed by atoms with Crippen molar-refractivity contribution in [3.8, 4) is 0 Å². The summed E-state index contributed by atoms with van der Waals surface area (Å²) < 4.78 is 54.2. The van der Waals surface area contributed by atoms with Gasteiger partial charge in [0.2, 0.25) is 0 Å². The Morgan fingerprint density at radius 3 is 1.71 bits per heavy atom. The first-order valence-electron chi connectivity index (χ1n) is 13.7. The quantitative estimate of drug-likeness (QED) is 0.340. The molecule has 41 heavy (non-hydrogen) atoms. The SMILES string of the molecule is COC[C@@H]1O[C@H](OC)C(OCc2ccccc2)C(OCc2ccccc2)[C@@H]1O[C@@H]1OC(CO)[C@H](O)[C@@H](OC)C1OC. The molecule has 2 heterocycles. The molecule has 4 unspecified atom stereocenters. The largest absolute Gasteiger partial charge is 0.394 e. The predicted molar refractivity (Wildman–Crippen MR) is 146 cm³/mol. The minimum atomic E-state index is -1.13. The van der Waals surface area contributed by atoms with E-state index in [0.717, 1.165) is 11.1 Å². The Labute approximate surface area is 241 Å². The van der Waals surface area contributed by atoms with Crippen LogP contribution in [0.4, 0.5) is 0 Å². The maximum absolute atomic E-state index is 10.7. The fourth-order valence-electron chi connectivity index (χ4n) is 5.26. The minimum Gasteiger partial charge on any atom is -0.394 e. The third kappa shape index (κ3) is 7.89. The van der Waals surface area contributed by atoms with Crippen molar-refractivity contribution in [3.05, 3.63) is 71.8 Å². The molecule has 4 rings (SSSR count). The standard InChI is InChI=1S/C30H42O11/c1-33-18-22-24(41-30-27(35-3)25(34-2)23(32)21(15-31)39-30)26(37-16-19-11-7-5-8-12-19)28(29(36-4)40-22)38-17-20-13-9-6-10-14-20/h5-14,21-32H,15-18H2,1-4H3/t21?,22-,23-,24+,25+,26?,27?,28?,29-,30-/m0/s1. The second kappa shape index (κ2) is 16.0. The van der Waals surface area contributed by atoms with E-state index in [0.29, 0.717) is 0 Å². The molecule has 0 bridgehead atoms. The molecule has 2 N–H and O–H groups in total. The highest BCUT2D eigenvalue weighted by Crippen LogP contribution is 2.34. The van der Waals surface area contributed by atoms with Crippen molar-refractivity contribution in [1.82, 2.24) is 0 Å². The first-order valence-corrected chi connectivity index (χ1v) is 13.7. The molecule has 2 fully saturated rings. The van der Waals surface area contributed by atoms with Crippen LogP contribution in [-0.2, 0) is 55.8 Å². The lowest BCUT2D eigenvalue weighted by Crippen LogP contribution is -2.66. The highest BCUT2D eigenvalue weighted by molar-refractivity contribution is 5.14. The monoisotopic (exact) mass is 578 g/mol. The molecule has 11 nitrogen and oxygen atoms in total. The van der Waals surface area contributed by atoms with E-state index in [4.69, 9.17) is 42.6 Å². The van der Waals surface area contributed by atoms with Gasteiger partial charge in [0.15, 0.2) is 12.6 Å². The average molecular weight is 579 g/mol. The fraction of sp³-hybridized carbons (Fsp3) is 0.600. The normalized spacial score (nSPS) is 34.0. The summed E-state index contributed by atoms with van der Waals surface area (Å²) in [5.41, 5.74) is 1.93. The molecule has 228 valence electrons. The van der Waals surface area contributed by atoms with Crippen molar-refractivity contribution in [2.75, 3.05) is 41.7 Å². The zero-order chi connectivity index (χ0) is 29.2. The first-order chi connectivity index (χ1) is 20.0. The van der Waals surface area contributed by atoms with Crippen LogP contribution in [0.1, 0.15) is 11.1 Å². The summed E-state index contributed by atoms with van der Waals surface area (Å²) in [5, 5.41) is 20.6. The van der Waals surface area contributed by atoms with Crippen LogP contribution in [0.3, 0.4) is 0 Å². The number of benzene rings is 2. The van der Waals surface area contributed by atoms with Crippen LogP contribution >= 0.6 is 0 Å². The van der Waals surface area contributed by atoms with Gasteiger partial charge >= 0.3 is 0 Å². The van der Waals surface area contributed by atoms with Crippen LogP contribution < -0.4 is 0 Å². The summed E-state index contributed by atoms with van der Waals surface area (Å²) in [4.78, 5) is 0. The molecule has 0 aliphatic carbocycles. The van der Waals surface area contributed by atoms with E-state index >= 15 is 0 Å². The van der Waals surface area contributed by atoms with Crippen molar-refractivity contribution in [2.24, 2.45) is 0 Å². The number of ether oxygens (including phenoxy) is 9. The van der Waals surface area contributed by atoms with Gasteiger partial charge in [-0.15, -0.1) is 0 Å². The van der Waals surface area contributed by atoms with Crippen LogP contribution in [0.25, 0.3) is 0 Å². The Balaban J connectivity index is 1.66. The Kier molecular flexibility index (Phi) is 12.5.